The first-order valence-corrected chi connectivity index (χ1v) is 5.02. The molecular formula is C7H10N4OS. The third kappa shape index (κ3) is 2.74. The predicted molar refractivity (Wildman–Crippen MR) is 49.6 cm³/mol. The van der Waals surface area contributed by atoms with Crippen molar-refractivity contribution in [1.29, 1.82) is 0 Å². The molecule has 0 atom stereocenters. The van der Waals surface area contributed by atoms with Gasteiger partial charge in [-0.25, -0.2) is 0 Å². The van der Waals surface area contributed by atoms with E-state index < -0.39 is 0 Å². The molecule has 1 saturated carbocycles. The lowest BCUT2D eigenvalue weighted by atomic mass is 10.5. The van der Waals surface area contributed by atoms with Crippen LogP contribution in [-0.4, -0.2) is 28.7 Å². The molecule has 1 aromatic rings. The molecule has 13 heavy (non-hydrogen) atoms. The second kappa shape index (κ2) is 3.80. The van der Waals surface area contributed by atoms with E-state index in [1.54, 1.807) is 5.51 Å². The number of nitrogens with one attached hydrogen (secondary N) is 2. The average Bonchev–Trinajstić information content (AvgIpc) is 2.82. The Labute approximate surface area is 79.6 Å². The van der Waals surface area contributed by atoms with Crippen LogP contribution in [0, 0.1) is 0 Å². The summed E-state index contributed by atoms with van der Waals surface area (Å²) in [6.07, 6.45) is 2.37. The van der Waals surface area contributed by atoms with Crippen LogP contribution in [0.2, 0.25) is 0 Å². The van der Waals surface area contributed by atoms with Gasteiger partial charge in [0.2, 0.25) is 11.0 Å². The van der Waals surface area contributed by atoms with Crippen LogP contribution in [0.3, 0.4) is 0 Å². The van der Waals surface area contributed by atoms with Crippen molar-refractivity contribution in [2.24, 2.45) is 0 Å². The number of carbonyl (C=O) groups is 1. The first kappa shape index (κ1) is 8.58. The maximum atomic E-state index is 11.2. The fraction of sp³-hybridized carbons (Fsp3) is 0.571. The Hall–Kier alpha value is -1.01. The summed E-state index contributed by atoms with van der Waals surface area (Å²) in [6, 6.07) is 0.556. The predicted octanol–water partition coefficient (Wildman–Crippen LogP) is 0.229. The highest BCUT2D eigenvalue weighted by Gasteiger charge is 2.21. The molecule has 0 radical (unpaired) electrons. The quantitative estimate of drug-likeness (QED) is 0.726. The van der Waals surface area contributed by atoms with Crippen LogP contribution in [0.1, 0.15) is 12.8 Å². The Balaban J connectivity index is 1.71. The summed E-state index contributed by atoms with van der Waals surface area (Å²) in [5.74, 6) is -0.0522. The zero-order valence-corrected chi connectivity index (χ0v) is 7.80. The summed E-state index contributed by atoms with van der Waals surface area (Å²) in [6.45, 7) is 0.365. The molecule has 1 amide bonds. The largest absolute Gasteiger partial charge is 0.306 e. The standard InChI is InChI=1S/C7H10N4OS/c12-6(3-8-5-1-2-5)10-7-11-9-4-13-7/h4-5,8H,1-3H2,(H,10,11,12). The van der Waals surface area contributed by atoms with E-state index in [1.807, 2.05) is 0 Å². The Morgan fingerprint density at radius 3 is 3.15 bits per heavy atom. The number of hydrogen-bond acceptors (Lipinski definition) is 5. The maximum absolute atomic E-state index is 11.2. The number of carbonyl (C=O) groups excluding carboxylic acids is 1. The molecule has 0 aliphatic heterocycles. The fourth-order valence-corrected chi connectivity index (χ4v) is 1.38. The van der Waals surface area contributed by atoms with E-state index in [9.17, 15) is 4.79 Å². The van der Waals surface area contributed by atoms with Gasteiger partial charge in [0.25, 0.3) is 0 Å². The second-order valence-electron chi connectivity index (χ2n) is 2.95. The third-order valence-electron chi connectivity index (χ3n) is 1.74. The molecule has 1 aliphatic rings. The molecule has 0 aromatic carbocycles. The van der Waals surface area contributed by atoms with Gasteiger partial charge in [0.15, 0.2) is 0 Å². The van der Waals surface area contributed by atoms with Crippen LogP contribution in [0.5, 0.6) is 0 Å². The van der Waals surface area contributed by atoms with Gasteiger partial charge in [0.05, 0.1) is 6.54 Å². The molecule has 1 heterocycles. The molecule has 70 valence electrons. The Morgan fingerprint density at radius 1 is 1.69 bits per heavy atom. The SMILES string of the molecule is O=C(CNC1CC1)Nc1nncs1. The zero-order chi connectivity index (χ0) is 9.10. The van der Waals surface area contributed by atoms with Crippen molar-refractivity contribution in [3.63, 3.8) is 0 Å². The van der Waals surface area contributed by atoms with Crippen molar-refractivity contribution in [2.75, 3.05) is 11.9 Å². The number of hydrogen-bond donors (Lipinski definition) is 2. The van der Waals surface area contributed by atoms with Gasteiger partial charge in [0.1, 0.15) is 5.51 Å². The van der Waals surface area contributed by atoms with Crippen molar-refractivity contribution < 1.29 is 4.79 Å². The van der Waals surface area contributed by atoms with Gasteiger partial charge in [-0.1, -0.05) is 11.3 Å². The second-order valence-corrected chi connectivity index (χ2v) is 3.78. The lowest BCUT2D eigenvalue weighted by Crippen LogP contribution is -2.29. The Bertz CT molecular complexity index is 283. The summed E-state index contributed by atoms with van der Waals surface area (Å²) in [5, 5.41) is 13.6. The molecular weight excluding hydrogens is 188 g/mol. The maximum Gasteiger partial charge on any atom is 0.240 e. The number of rotatable bonds is 4. The highest BCUT2D eigenvalue weighted by molar-refractivity contribution is 7.13. The summed E-state index contributed by atoms with van der Waals surface area (Å²) in [5.41, 5.74) is 1.59. The highest BCUT2D eigenvalue weighted by Crippen LogP contribution is 2.18. The molecule has 0 spiro atoms. The lowest BCUT2D eigenvalue weighted by molar-refractivity contribution is -0.115. The number of aromatic nitrogens is 2. The van der Waals surface area contributed by atoms with E-state index in [4.69, 9.17) is 0 Å². The topological polar surface area (TPSA) is 66.9 Å². The van der Waals surface area contributed by atoms with Crippen LogP contribution in [0.15, 0.2) is 5.51 Å². The Morgan fingerprint density at radius 2 is 2.54 bits per heavy atom. The van der Waals surface area contributed by atoms with E-state index in [-0.39, 0.29) is 5.91 Å². The summed E-state index contributed by atoms with van der Waals surface area (Å²) in [7, 11) is 0. The smallest absolute Gasteiger partial charge is 0.240 e. The van der Waals surface area contributed by atoms with Gasteiger partial charge in [0, 0.05) is 6.04 Å². The van der Waals surface area contributed by atoms with Crippen LogP contribution >= 0.6 is 11.3 Å². The molecule has 0 saturated heterocycles. The lowest BCUT2D eigenvalue weighted by Gasteiger charge is -2.01. The molecule has 0 unspecified atom stereocenters. The highest BCUT2D eigenvalue weighted by atomic mass is 32.1. The molecule has 1 fully saturated rings. The number of nitrogens with zero attached hydrogens (tertiary/aromatic N) is 2. The van der Waals surface area contributed by atoms with Crippen molar-refractivity contribution in [3.8, 4) is 0 Å². The van der Waals surface area contributed by atoms with E-state index in [0.717, 1.165) is 0 Å². The molecule has 0 bridgehead atoms. The minimum Gasteiger partial charge on any atom is -0.306 e. The molecule has 2 rings (SSSR count). The van der Waals surface area contributed by atoms with Gasteiger partial charge in [-0.3, -0.25) is 10.1 Å². The minimum atomic E-state index is -0.0522. The summed E-state index contributed by atoms with van der Waals surface area (Å²) in [4.78, 5) is 11.2. The summed E-state index contributed by atoms with van der Waals surface area (Å²) >= 11 is 1.32. The van der Waals surface area contributed by atoms with Crippen molar-refractivity contribution in [1.82, 2.24) is 15.5 Å². The minimum absolute atomic E-state index is 0.0522. The van der Waals surface area contributed by atoms with E-state index >= 15 is 0 Å². The molecule has 1 aromatic heterocycles. The normalized spacial score (nSPS) is 15.7. The Kier molecular flexibility index (Phi) is 2.51. The van der Waals surface area contributed by atoms with Crippen molar-refractivity contribution in [3.05, 3.63) is 5.51 Å². The van der Waals surface area contributed by atoms with E-state index in [0.29, 0.717) is 17.7 Å². The number of anilines is 1. The van der Waals surface area contributed by atoms with E-state index in [1.165, 1.54) is 24.2 Å². The van der Waals surface area contributed by atoms with Gasteiger partial charge in [-0.15, -0.1) is 10.2 Å². The molecule has 2 N–H and O–H groups in total. The molecule has 5 nitrogen and oxygen atoms in total. The average molecular weight is 198 g/mol. The van der Waals surface area contributed by atoms with Crippen LogP contribution in [0.25, 0.3) is 0 Å². The first-order valence-electron chi connectivity index (χ1n) is 4.14. The van der Waals surface area contributed by atoms with Gasteiger partial charge >= 0.3 is 0 Å². The van der Waals surface area contributed by atoms with E-state index in [2.05, 4.69) is 20.8 Å². The summed E-state index contributed by atoms with van der Waals surface area (Å²) < 4.78 is 0. The van der Waals surface area contributed by atoms with Gasteiger partial charge < -0.3 is 5.32 Å². The number of amides is 1. The van der Waals surface area contributed by atoms with Gasteiger partial charge in [-0.2, -0.15) is 0 Å². The molecule has 1 aliphatic carbocycles. The van der Waals surface area contributed by atoms with Crippen molar-refractivity contribution in [2.45, 2.75) is 18.9 Å². The van der Waals surface area contributed by atoms with Crippen LogP contribution in [0.4, 0.5) is 5.13 Å². The zero-order valence-electron chi connectivity index (χ0n) is 6.99. The fourth-order valence-electron chi connectivity index (χ4n) is 0.915. The van der Waals surface area contributed by atoms with Crippen LogP contribution in [-0.2, 0) is 4.79 Å². The molecule has 6 heteroatoms. The van der Waals surface area contributed by atoms with Gasteiger partial charge in [-0.05, 0) is 12.8 Å². The van der Waals surface area contributed by atoms with Crippen molar-refractivity contribution >= 4 is 22.4 Å². The first-order chi connectivity index (χ1) is 6.34. The van der Waals surface area contributed by atoms with Crippen LogP contribution < -0.4 is 10.6 Å². The monoisotopic (exact) mass is 198 g/mol. The third-order valence-corrected chi connectivity index (χ3v) is 2.34.